The molecular formula is C7H9N3O2. The van der Waals surface area contributed by atoms with Gasteiger partial charge in [-0.25, -0.2) is 0 Å². The second-order valence-electron chi connectivity index (χ2n) is 2.18. The smallest absolute Gasteiger partial charge is 0.269 e. The Kier molecular flexibility index (Phi) is 2.60. The van der Waals surface area contributed by atoms with Crippen LogP contribution in [0, 0.1) is 10.1 Å². The van der Waals surface area contributed by atoms with Gasteiger partial charge in [0.2, 0.25) is 0 Å². The van der Waals surface area contributed by atoms with Crippen molar-refractivity contribution in [2.24, 2.45) is 5.73 Å². The van der Waals surface area contributed by atoms with E-state index in [2.05, 4.69) is 5.32 Å². The zero-order chi connectivity index (χ0) is 8.97. The molecule has 0 saturated carbocycles. The van der Waals surface area contributed by atoms with Gasteiger partial charge in [-0.1, -0.05) is 0 Å². The van der Waals surface area contributed by atoms with Gasteiger partial charge in [-0.3, -0.25) is 10.1 Å². The molecule has 0 fully saturated rings. The van der Waals surface area contributed by atoms with Gasteiger partial charge < -0.3 is 11.1 Å². The quantitative estimate of drug-likeness (QED) is 0.398. The number of nitrogens with zero attached hydrogens (tertiary/aromatic N) is 1. The zero-order valence-corrected chi connectivity index (χ0v) is 6.36. The van der Waals surface area contributed by atoms with Crippen molar-refractivity contribution in [3.8, 4) is 0 Å². The van der Waals surface area contributed by atoms with Gasteiger partial charge in [-0.15, -0.1) is 0 Å². The van der Waals surface area contributed by atoms with Crippen LogP contribution in [-0.2, 0) is 0 Å². The number of nitro groups is 1. The molecule has 0 unspecified atom stereocenters. The van der Waals surface area contributed by atoms with Crippen molar-refractivity contribution in [2.45, 2.75) is 0 Å². The molecule has 0 aromatic heterocycles. The van der Waals surface area contributed by atoms with Crippen LogP contribution in [0.1, 0.15) is 0 Å². The van der Waals surface area contributed by atoms with Crippen LogP contribution in [0.4, 0.5) is 11.4 Å². The summed E-state index contributed by atoms with van der Waals surface area (Å²) >= 11 is 0. The average Bonchev–Trinajstić information content (AvgIpc) is 2.06. The maximum absolute atomic E-state index is 10.2. The molecule has 5 heteroatoms. The molecule has 0 saturated heterocycles. The number of non-ortho nitro benzene ring substituents is 1. The number of benzene rings is 1. The Labute approximate surface area is 69.3 Å². The topological polar surface area (TPSA) is 81.2 Å². The van der Waals surface area contributed by atoms with Crippen LogP contribution >= 0.6 is 0 Å². The lowest BCUT2D eigenvalue weighted by molar-refractivity contribution is -0.384. The number of hydrogen-bond acceptors (Lipinski definition) is 4. The number of nitrogens with two attached hydrogens (primary N) is 1. The van der Waals surface area contributed by atoms with Gasteiger partial charge in [-0.2, -0.15) is 0 Å². The van der Waals surface area contributed by atoms with E-state index in [9.17, 15) is 10.1 Å². The van der Waals surface area contributed by atoms with E-state index in [0.29, 0.717) is 6.67 Å². The maximum Gasteiger partial charge on any atom is 0.269 e. The van der Waals surface area contributed by atoms with E-state index in [-0.39, 0.29) is 5.69 Å². The molecule has 0 amide bonds. The minimum atomic E-state index is -0.438. The lowest BCUT2D eigenvalue weighted by Crippen LogP contribution is -2.10. The third kappa shape index (κ3) is 1.93. The van der Waals surface area contributed by atoms with Gasteiger partial charge in [0.1, 0.15) is 0 Å². The lowest BCUT2D eigenvalue weighted by atomic mass is 10.3. The molecule has 0 bridgehead atoms. The first-order chi connectivity index (χ1) is 5.74. The van der Waals surface area contributed by atoms with E-state index in [4.69, 9.17) is 5.73 Å². The Bertz CT molecular complexity index is 270. The van der Waals surface area contributed by atoms with Crippen molar-refractivity contribution in [1.29, 1.82) is 0 Å². The highest BCUT2D eigenvalue weighted by Gasteiger charge is 2.02. The van der Waals surface area contributed by atoms with E-state index in [1.54, 1.807) is 12.1 Å². The molecule has 12 heavy (non-hydrogen) atoms. The Hall–Kier alpha value is -1.62. The second-order valence-corrected chi connectivity index (χ2v) is 2.18. The first-order valence-corrected chi connectivity index (χ1v) is 3.42. The fraction of sp³-hybridized carbons (Fsp3) is 0.143. The van der Waals surface area contributed by atoms with Gasteiger partial charge in [0.25, 0.3) is 5.69 Å². The van der Waals surface area contributed by atoms with Crippen LogP contribution in [0.3, 0.4) is 0 Å². The van der Waals surface area contributed by atoms with Crippen LogP contribution in [0.15, 0.2) is 24.3 Å². The minimum absolute atomic E-state index is 0.0811. The van der Waals surface area contributed by atoms with Crippen LogP contribution in [-0.4, -0.2) is 11.6 Å². The maximum atomic E-state index is 10.2. The molecule has 0 aliphatic heterocycles. The zero-order valence-electron chi connectivity index (χ0n) is 6.36. The van der Waals surface area contributed by atoms with Crippen molar-refractivity contribution in [2.75, 3.05) is 12.0 Å². The lowest BCUT2D eigenvalue weighted by Gasteiger charge is -2.00. The molecule has 64 valence electrons. The van der Waals surface area contributed by atoms with Gasteiger partial charge in [0, 0.05) is 17.8 Å². The van der Waals surface area contributed by atoms with Crippen LogP contribution in [0.25, 0.3) is 0 Å². The highest BCUT2D eigenvalue weighted by molar-refractivity contribution is 5.48. The molecule has 0 aliphatic rings. The molecule has 1 aromatic rings. The minimum Gasteiger partial charge on any atom is -0.373 e. The number of nitro benzene ring substituents is 1. The van der Waals surface area contributed by atoms with Gasteiger partial charge >= 0.3 is 0 Å². The van der Waals surface area contributed by atoms with Crippen LogP contribution in [0.5, 0.6) is 0 Å². The fourth-order valence-corrected chi connectivity index (χ4v) is 0.819. The second kappa shape index (κ2) is 3.68. The van der Waals surface area contributed by atoms with Crippen molar-refractivity contribution >= 4 is 11.4 Å². The summed E-state index contributed by atoms with van der Waals surface area (Å²) in [5.74, 6) is 0. The fourth-order valence-electron chi connectivity index (χ4n) is 0.819. The SMILES string of the molecule is NCNc1ccc([N+](=O)[O-])cc1. The van der Waals surface area contributed by atoms with E-state index < -0.39 is 4.92 Å². The first kappa shape index (κ1) is 8.48. The summed E-state index contributed by atoms with van der Waals surface area (Å²) in [5, 5.41) is 13.1. The third-order valence-corrected chi connectivity index (χ3v) is 1.38. The largest absolute Gasteiger partial charge is 0.373 e. The Morgan fingerprint density at radius 2 is 2.00 bits per heavy atom. The molecule has 1 rings (SSSR count). The standard InChI is InChI=1S/C7H9N3O2/c8-5-9-6-1-3-7(4-2-6)10(11)12/h1-4,9H,5,8H2. The molecule has 0 atom stereocenters. The van der Waals surface area contributed by atoms with Crippen molar-refractivity contribution < 1.29 is 4.92 Å². The summed E-state index contributed by atoms with van der Waals surface area (Å²) in [7, 11) is 0. The Morgan fingerprint density at radius 1 is 1.42 bits per heavy atom. The van der Waals surface area contributed by atoms with Gasteiger partial charge in [0.05, 0.1) is 11.6 Å². The van der Waals surface area contributed by atoms with Gasteiger partial charge in [0.15, 0.2) is 0 Å². The van der Waals surface area contributed by atoms with E-state index in [1.165, 1.54) is 12.1 Å². The molecule has 0 heterocycles. The van der Waals surface area contributed by atoms with Gasteiger partial charge in [-0.05, 0) is 12.1 Å². The third-order valence-electron chi connectivity index (χ3n) is 1.38. The van der Waals surface area contributed by atoms with Crippen LogP contribution in [0.2, 0.25) is 0 Å². The summed E-state index contributed by atoms with van der Waals surface area (Å²) in [6.45, 7) is 0.317. The summed E-state index contributed by atoms with van der Waals surface area (Å²) in [4.78, 5) is 9.79. The summed E-state index contributed by atoms with van der Waals surface area (Å²) in [6, 6.07) is 6.09. The van der Waals surface area contributed by atoms with E-state index in [1.807, 2.05) is 0 Å². The average molecular weight is 167 g/mol. The normalized spacial score (nSPS) is 9.42. The molecule has 0 aliphatic carbocycles. The van der Waals surface area contributed by atoms with Crippen molar-refractivity contribution in [3.05, 3.63) is 34.4 Å². The van der Waals surface area contributed by atoms with E-state index in [0.717, 1.165) is 5.69 Å². The molecule has 5 nitrogen and oxygen atoms in total. The molecule has 1 aromatic carbocycles. The summed E-state index contributed by atoms with van der Waals surface area (Å²) in [5.41, 5.74) is 6.08. The molecular weight excluding hydrogens is 158 g/mol. The monoisotopic (exact) mass is 167 g/mol. The van der Waals surface area contributed by atoms with Crippen molar-refractivity contribution in [1.82, 2.24) is 0 Å². The predicted octanol–water partition coefficient (Wildman–Crippen LogP) is 0.923. The highest BCUT2D eigenvalue weighted by Crippen LogP contribution is 2.14. The molecule has 3 N–H and O–H groups in total. The predicted molar refractivity (Wildman–Crippen MR) is 45.8 cm³/mol. The number of hydrogen-bond donors (Lipinski definition) is 2. The Balaban J connectivity index is 2.78. The number of nitrogens with one attached hydrogen (secondary N) is 1. The van der Waals surface area contributed by atoms with E-state index >= 15 is 0 Å². The molecule has 0 spiro atoms. The van der Waals surface area contributed by atoms with Crippen LogP contribution < -0.4 is 11.1 Å². The number of anilines is 1. The molecule has 0 radical (unpaired) electrons. The Morgan fingerprint density at radius 3 is 2.42 bits per heavy atom. The highest BCUT2D eigenvalue weighted by atomic mass is 16.6. The summed E-state index contributed by atoms with van der Waals surface area (Å²) < 4.78 is 0. The number of rotatable bonds is 3. The summed E-state index contributed by atoms with van der Waals surface area (Å²) in [6.07, 6.45) is 0. The first-order valence-electron chi connectivity index (χ1n) is 3.42. The van der Waals surface area contributed by atoms with Crippen molar-refractivity contribution in [3.63, 3.8) is 0 Å².